The van der Waals surface area contributed by atoms with Crippen LogP contribution in [0.3, 0.4) is 0 Å². The van der Waals surface area contributed by atoms with Crippen molar-refractivity contribution in [2.24, 2.45) is 0 Å². The van der Waals surface area contributed by atoms with Crippen molar-refractivity contribution in [1.82, 2.24) is 4.98 Å². The zero-order valence-electron chi connectivity index (χ0n) is 16.9. The Balaban J connectivity index is 1.87. The second kappa shape index (κ2) is 9.83. The summed E-state index contributed by atoms with van der Waals surface area (Å²) >= 11 is 6.01. The van der Waals surface area contributed by atoms with Gasteiger partial charge in [0.1, 0.15) is 18.2 Å². The third-order valence-corrected chi connectivity index (χ3v) is 4.62. The highest BCUT2D eigenvalue weighted by Crippen LogP contribution is 2.30. The molecule has 0 atom stereocenters. The first-order chi connectivity index (χ1) is 14.9. The largest absolute Gasteiger partial charge is 0.493 e. The molecule has 7 nitrogen and oxygen atoms in total. The minimum Gasteiger partial charge on any atom is -0.493 e. The van der Waals surface area contributed by atoms with Crippen LogP contribution in [0.15, 0.2) is 52.8 Å². The number of esters is 1. The van der Waals surface area contributed by atoms with Crippen molar-refractivity contribution in [3.05, 3.63) is 74.5 Å². The highest BCUT2D eigenvalue weighted by atomic mass is 35.5. The van der Waals surface area contributed by atoms with Crippen molar-refractivity contribution < 1.29 is 19.0 Å². The molecule has 0 amide bonds. The number of aromatic nitrogens is 1. The number of carbonyl (C=O) groups is 1. The number of nitrogens with zero attached hydrogens (tertiary/aromatic N) is 1. The Labute approximate surface area is 183 Å². The number of H-pyrrole nitrogens is 1. The van der Waals surface area contributed by atoms with Crippen molar-refractivity contribution in [2.75, 3.05) is 13.7 Å². The van der Waals surface area contributed by atoms with E-state index in [-0.39, 0.29) is 24.3 Å². The van der Waals surface area contributed by atoms with E-state index >= 15 is 0 Å². The molecule has 1 N–H and O–H groups in total. The molecule has 1 heterocycles. The van der Waals surface area contributed by atoms with E-state index in [0.717, 1.165) is 5.39 Å². The molecular weight excluding hydrogens is 420 g/mol. The molecule has 2 aromatic carbocycles. The van der Waals surface area contributed by atoms with E-state index in [0.29, 0.717) is 33.2 Å². The third kappa shape index (κ3) is 5.24. The second-order valence-corrected chi connectivity index (χ2v) is 6.87. The molecule has 8 heteroatoms. The maximum atomic E-state index is 12.0. The van der Waals surface area contributed by atoms with Crippen LogP contribution >= 0.6 is 11.6 Å². The molecule has 1 aromatic heterocycles. The van der Waals surface area contributed by atoms with Crippen molar-refractivity contribution in [3.63, 3.8) is 0 Å². The van der Waals surface area contributed by atoms with Gasteiger partial charge in [-0.3, -0.25) is 4.79 Å². The van der Waals surface area contributed by atoms with Gasteiger partial charge in [0.15, 0.2) is 11.5 Å². The Morgan fingerprint density at radius 3 is 2.71 bits per heavy atom. The predicted octanol–water partition coefficient (Wildman–Crippen LogP) is 4.24. The number of carbonyl (C=O) groups excluding carboxylic acids is 1. The van der Waals surface area contributed by atoms with E-state index in [9.17, 15) is 14.9 Å². The predicted molar refractivity (Wildman–Crippen MR) is 117 cm³/mol. The molecule has 0 aliphatic heterocycles. The van der Waals surface area contributed by atoms with E-state index in [1.807, 2.05) is 12.1 Å². The molecule has 0 bridgehead atoms. The Bertz CT molecular complexity index is 1260. The van der Waals surface area contributed by atoms with Crippen LogP contribution < -0.4 is 15.0 Å². The van der Waals surface area contributed by atoms with Gasteiger partial charge in [-0.2, -0.15) is 5.26 Å². The maximum Gasteiger partial charge on any atom is 0.348 e. The normalized spacial score (nSPS) is 11.1. The summed E-state index contributed by atoms with van der Waals surface area (Å²) in [6.07, 6.45) is 1.41. The summed E-state index contributed by atoms with van der Waals surface area (Å²) in [4.78, 5) is 26.5. The quantitative estimate of drug-likeness (QED) is 0.336. The van der Waals surface area contributed by atoms with Gasteiger partial charge in [0, 0.05) is 22.0 Å². The molecule has 0 aliphatic rings. The molecule has 158 valence electrons. The number of nitrogens with one attached hydrogen (secondary N) is 1. The van der Waals surface area contributed by atoms with E-state index in [4.69, 9.17) is 25.8 Å². The lowest BCUT2D eigenvalue weighted by atomic mass is 10.1. The summed E-state index contributed by atoms with van der Waals surface area (Å²) in [6.45, 7) is 1.97. The Kier molecular flexibility index (Phi) is 6.96. The van der Waals surface area contributed by atoms with E-state index in [1.54, 1.807) is 37.3 Å². The number of aromatic amines is 1. The fourth-order valence-electron chi connectivity index (χ4n) is 2.99. The standard InChI is InChI=1S/C23H19ClN2O5/c1-3-30-23(28)15(12-25)8-14-4-7-20(21(9-14)29-2)31-13-16-10-22(27)26-19-11-17(24)5-6-18(16)19/h4-11H,3,13H2,1-2H3,(H,26,27)/b15-8+. The number of benzene rings is 2. The number of halogens is 1. The molecule has 0 saturated carbocycles. The number of ether oxygens (including phenoxy) is 3. The Morgan fingerprint density at radius 2 is 2.00 bits per heavy atom. The zero-order valence-corrected chi connectivity index (χ0v) is 17.7. The first-order valence-corrected chi connectivity index (χ1v) is 9.74. The van der Waals surface area contributed by atoms with Crippen LogP contribution in [0.25, 0.3) is 17.0 Å². The summed E-state index contributed by atoms with van der Waals surface area (Å²) in [7, 11) is 1.48. The zero-order chi connectivity index (χ0) is 22.4. The van der Waals surface area contributed by atoms with Crippen LogP contribution in [-0.4, -0.2) is 24.7 Å². The van der Waals surface area contributed by atoms with Gasteiger partial charge in [-0.25, -0.2) is 4.79 Å². The average Bonchev–Trinajstić information content (AvgIpc) is 2.75. The number of hydrogen-bond acceptors (Lipinski definition) is 6. The van der Waals surface area contributed by atoms with Crippen LogP contribution in [0.5, 0.6) is 11.5 Å². The SMILES string of the molecule is CCOC(=O)/C(C#N)=C/c1ccc(OCc2cc(=O)[nH]c3cc(Cl)ccc23)c(OC)c1. The van der Waals surface area contributed by atoms with Crippen LogP contribution in [-0.2, 0) is 16.1 Å². The maximum absolute atomic E-state index is 12.0. The van der Waals surface area contributed by atoms with Gasteiger partial charge in [0.05, 0.1) is 19.2 Å². The van der Waals surface area contributed by atoms with Gasteiger partial charge >= 0.3 is 5.97 Å². The molecular formula is C23H19ClN2O5. The molecule has 0 saturated heterocycles. The number of hydrogen-bond donors (Lipinski definition) is 1. The van der Waals surface area contributed by atoms with Crippen molar-refractivity contribution in [2.45, 2.75) is 13.5 Å². The number of nitriles is 1. The van der Waals surface area contributed by atoms with E-state index < -0.39 is 5.97 Å². The molecule has 0 radical (unpaired) electrons. The summed E-state index contributed by atoms with van der Waals surface area (Å²) in [5.74, 6) is 0.161. The lowest BCUT2D eigenvalue weighted by molar-refractivity contribution is -0.137. The molecule has 0 spiro atoms. The number of rotatable bonds is 7. The monoisotopic (exact) mass is 438 g/mol. The summed E-state index contributed by atoms with van der Waals surface area (Å²) in [5, 5.41) is 10.5. The fraction of sp³-hybridized carbons (Fsp3) is 0.174. The van der Waals surface area contributed by atoms with Crippen LogP contribution in [0.1, 0.15) is 18.1 Å². The lowest BCUT2D eigenvalue weighted by Crippen LogP contribution is -2.08. The third-order valence-electron chi connectivity index (χ3n) is 4.39. The van der Waals surface area contributed by atoms with Crippen molar-refractivity contribution in [1.29, 1.82) is 5.26 Å². The molecule has 3 rings (SSSR count). The lowest BCUT2D eigenvalue weighted by Gasteiger charge is -2.13. The summed E-state index contributed by atoms with van der Waals surface area (Å²) < 4.78 is 16.1. The minimum absolute atomic E-state index is 0.119. The van der Waals surface area contributed by atoms with E-state index in [1.165, 1.54) is 19.3 Å². The van der Waals surface area contributed by atoms with Crippen LogP contribution in [0.2, 0.25) is 5.02 Å². The van der Waals surface area contributed by atoms with Crippen LogP contribution in [0, 0.1) is 11.3 Å². The summed E-state index contributed by atoms with van der Waals surface area (Å²) in [5.41, 5.74) is 1.50. The van der Waals surface area contributed by atoms with Gasteiger partial charge in [-0.1, -0.05) is 23.7 Å². The van der Waals surface area contributed by atoms with Gasteiger partial charge in [-0.05, 0) is 42.8 Å². The fourth-order valence-corrected chi connectivity index (χ4v) is 3.16. The molecule has 3 aromatic rings. The molecule has 0 aliphatic carbocycles. The topological polar surface area (TPSA) is 101 Å². The number of pyridine rings is 1. The highest BCUT2D eigenvalue weighted by molar-refractivity contribution is 6.31. The first kappa shape index (κ1) is 21.9. The smallest absolute Gasteiger partial charge is 0.348 e. The highest BCUT2D eigenvalue weighted by Gasteiger charge is 2.12. The first-order valence-electron chi connectivity index (χ1n) is 9.36. The molecule has 0 fully saturated rings. The van der Waals surface area contributed by atoms with Crippen molar-refractivity contribution in [3.8, 4) is 17.6 Å². The Morgan fingerprint density at radius 1 is 1.19 bits per heavy atom. The summed E-state index contributed by atoms with van der Waals surface area (Å²) in [6, 6.07) is 13.5. The molecule has 31 heavy (non-hydrogen) atoms. The average molecular weight is 439 g/mol. The minimum atomic E-state index is -0.689. The van der Waals surface area contributed by atoms with Gasteiger partial charge in [-0.15, -0.1) is 0 Å². The number of fused-ring (bicyclic) bond motifs is 1. The second-order valence-electron chi connectivity index (χ2n) is 6.44. The van der Waals surface area contributed by atoms with E-state index in [2.05, 4.69) is 4.98 Å². The van der Waals surface area contributed by atoms with Crippen LogP contribution in [0.4, 0.5) is 0 Å². The van der Waals surface area contributed by atoms with Gasteiger partial charge in [0.2, 0.25) is 5.56 Å². The number of methoxy groups -OCH3 is 1. The van der Waals surface area contributed by atoms with Gasteiger partial charge in [0.25, 0.3) is 0 Å². The molecule has 0 unspecified atom stereocenters. The Hall–Kier alpha value is -3.76. The van der Waals surface area contributed by atoms with Gasteiger partial charge < -0.3 is 19.2 Å². The van der Waals surface area contributed by atoms with Crippen molar-refractivity contribution >= 4 is 34.5 Å².